The van der Waals surface area contributed by atoms with Gasteiger partial charge in [0.2, 0.25) is 5.91 Å². The van der Waals surface area contributed by atoms with E-state index in [2.05, 4.69) is 29.4 Å². The SMILES string of the molecule is CC(C)N(C)CCCNC(=O)N[C@H](CC(N)=O)C(=O)O. The minimum atomic E-state index is -1.30. The van der Waals surface area contributed by atoms with Crippen LogP contribution in [-0.4, -0.2) is 60.1 Å². The number of carbonyl (C=O) groups excluding carboxylic acids is 2. The lowest BCUT2D eigenvalue weighted by atomic mass is 10.2. The number of nitrogens with one attached hydrogen (secondary N) is 2. The minimum Gasteiger partial charge on any atom is -0.480 e. The number of primary amides is 1. The molecule has 3 amide bonds. The Balaban J connectivity index is 3.97. The van der Waals surface area contributed by atoms with Crippen molar-refractivity contribution in [3.05, 3.63) is 0 Å². The first-order chi connectivity index (χ1) is 9.23. The molecular formula is C12H24N4O4. The van der Waals surface area contributed by atoms with Crippen molar-refractivity contribution in [2.75, 3.05) is 20.1 Å². The second-order valence-electron chi connectivity index (χ2n) is 4.89. The van der Waals surface area contributed by atoms with E-state index < -0.39 is 30.4 Å². The van der Waals surface area contributed by atoms with Gasteiger partial charge in [-0.05, 0) is 33.9 Å². The topological polar surface area (TPSA) is 125 Å². The third-order valence-corrected chi connectivity index (χ3v) is 2.86. The molecular weight excluding hydrogens is 264 g/mol. The van der Waals surface area contributed by atoms with Gasteiger partial charge >= 0.3 is 12.0 Å². The monoisotopic (exact) mass is 288 g/mol. The zero-order valence-electron chi connectivity index (χ0n) is 12.2. The Bertz CT molecular complexity index is 346. The van der Waals surface area contributed by atoms with E-state index in [9.17, 15) is 14.4 Å². The molecule has 0 aromatic heterocycles. The highest BCUT2D eigenvalue weighted by Gasteiger charge is 2.21. The lowest BCUT2D eigenvalue weighted by molar-refractivity contribution is -0.140. The molecule has 0 saturated heterocycles. The van der Waals surface area contributed by atoms with Crippen molar-refractivity contribution in [2.45, 2.75) is 38.8 Å². The molecule has 8 nitrogen and oxygen atoms in total. The molecule has 5 N–H and O–H groups in total. The number of nitrogens with zero attached hydrogens (tertiary/aromatic N) is 1. The number of carbonyl (C=O) groups is 3. The molecule has 116 valence electrons. The molecule has 20 heavy (non-hydrogen) atoms. The Morgan fingerprint density at radius 2 is 1.90 bits per heavy atom. The second-order valence-corrected chi connectivity index (χ2v) is 4.89. The van der Waals surface area contributed by atoms with Crippen LogP contribution in [0.4, 0.5) is 4.79 Å². The number of urea groups is 1. The number of carboxylic acids is 1. The molecule has 0 spiro atoms. The van der Waals surface area contributed by atoms with Crippen LogP contribution in [0.2, 0.25) is 0 Å². The zero-order valence-corrected chi connectivity index (χ0v) is 12.2. The van der Waals surface area contributed by atoms with Crippen LogP contribution >= 0.6 is 0 Å². The van der Waals surface area contributed by atoms with Crippen LogP contribution in [0.3, 0.4) is 0 Å². The fourth-order valence-electron chi connectivity index (χ4n) is 1.40. The third-order valence-electron chi connectivity index (χ3n) is 2.86. The van der Waals surface area contributed by atoms with Crippen molar-refractivity contribution < 1.29 is 19.5 Å². The summed E-state index contributed by atoms with van der Waals surface area (Å²) in [6.45, 7) is 5.39. The van der Waals surface area contributed by atoms with Crippen LogP contribution in [0.25, 0.3) is 0 Å². The number of nitrogens with two attached hydrogens (primary N) is 1. The molecule has 0 aliphatic carbocycles. The highest BCUT2D eigenvalue weighted by Crippen LogP contribution is 1.95. The van der Waals surface area contributed by atoms with Crippen LogP contribution in [0.1, 0.15) is 26.7 Å². The van der Waals surface area contributed by atoms with Crippen molar-refractivity contribution in [2.24, 2.45) is 5.73 Å². The van der Waals surface area contributed by atoms with E-state index >= 15 is 0 Å². The van der Waals surface area contributed by atoms with E-state index in [1.807, 2.05) is 7.05 Å². The Morgan fingerprint density at radius 3 is 2.35 bits per heavy atom. The van der Waals surface area contributed by atoms with Crippen LogP contribution in [0.5, 0.6) is 0 Å². The lowest BCUT2D eigenvalue weighted by Gasteiger charge is -2.21. The predicted octanol–water partition coefficient (Wildman–Crippen LogP) is -0.655. The molecule has 0 aromatic carbocycles. The molecule has 0 fully saturated rings. The van der Waals surface area contributed by atoms with Crippen molar-refractivity contribution in [1.29, 1.82) is 0 Å². The molecule has 0 saturated carbocycles. The first-order valence-corrected chi connectivity index (χ1v) is 6.49. The van der Waals surface area contributed by atoms with E-state index in [4.69, 9.17) is 10.8 Å². The average molecular weight is 288 g/mol. The van der Waals surface area contributed by atoms with E-state index in [1.165, 1.54) is 0 Å². The van der Waals surface area contributed by atoms with Crippen molar-refractivity contribution in [3.63, 3.8) is 0 Å². The minimum absolute atomic E-state index is 0.422. The molecule has 0 aliphatic heterocycles. The van der Waals surface area contributed by atoms with Gasteiger partial charge in [0.15, 0.2) is 0 Å². The van der Waals surface area contributed by atoms with E-state index in [0.29, 0.717) is 12.6 Å². The number of amides is 3. The van der Waals surface area contributed by atoms with Gasteiger partial charge in [-0.15, -0.1) is 0 Å². The van der Waals surface area contributed by atoms with Gasteiger partial charge in [0.05, 0.1) is 6.42 Å². The first-order valence-electron chi connectivity index (χ1n) is 6.49. The second kappa shape index (κ2) is 9.13. The summed E-state index contributed by atoms with van der Waals surface area (Å²) < 4.78 is 0. The summed E-state index contributed by atoms with van der Waals surface area (Å²) in [4.78, 5) is 35.1. The summed E-state index contributed by atoms with van der Waals surface area (Å²) in [5.74, 6) is -2.07. The molecule has 0 bridgehead atoms. The Hall–Kier alpha value is -1.83. The molecule has 0 heterocycles. The van der Waals surface area contributed by atoms with Gasteiger partial charge in [-0.3, -0.25) is 4.79 Å². The van der Waals surface area contributed by atoms with Crippen molar-refractivity contribution in [3.8, 4) is 0 Å². The zero-order chi connectivity index (χ0) is 15.7. The number of rotatable bonds is 9. The summed E-state index contributed by atoms with van der Waals surface area (Å²) in [7, 11) is 1.98. The molecule has 0 aromatic rings. The molecule has 8 heteroatoms. The smallest absolute Gasteiger partial charge is 0.326 e. The van der Waals surface area contributed by atoms with Crippen LogP contribution in [-0.2, 0) is 9.59 Å². The molecule has 0 rings (SSSR count). The molecule has 0 radical (unpaired) electrons. The Kier molecular flexibility index (Phi) is 8.30. The Morgan fingerprint density at radius 1 is 1.30 bits per heavy atom. The highest BCUT2D eigenvalue weighted by molar-refractivity contribution is 5.87. The number of aliphatic carboxylic acids is 1. The average Bonchev–Trinajstić information content (AvgIpc) is 2.32. The fourth-order valence-corrected chi connectivity index (χ4v) is 1.40. The molecule has 0 unspecified atom stereocenters. The van der Waals surface area contributed by atoms with Gasteiger partial charge in [0, 0.05) is 12.6 Å². The van der Waals surface area contributed by atoms with Gasteiger partial charge in [0.25, 0.3) is 0 Å². The fraction of sp³-hybridized carbons (Fsp3) is 0.750. The maximum Gasteiger partial charge on any atom is 0.326 e. The largest absolute Gasteiger partial charge is 0.480 e. The summed E-state index contributed by atoms with van der Waals surface area (Å²) in [5, 5.41) is 13.6. The number of hydrogen-bond acceptors (Lipinski definition) is 4. The number of carboxylic acid groups (broad SMARTS) is 1. The summed E-state index contributed by atoms with van der Waals surface area (Å²) in [6, 6.07) is -1.49. The van der Waals surface area contributed by atoms with Gasteiger partial charge in [-0.2, -0.15) is 0 Å². The lowest BCUT2D eigenvalue weighted by Crippen LogP contribution is -2.48. The number of hydrogen-bond donors (Lipinski definition) is 4. The van der Waals surface area contributed by atoms with Crippen LogP contribution in [0.15, 0.2) is 0 Å². The third kappa shape index (κ3) is 8.30. The van der Waals surface area contributed by atoms with Gasteiger partial charge in [0.1, 0.15) is 6.04 Å². The van der Waals surface area contributed by atoms with Crippen LogP contribution in [0, 0.1) is 0 Å². The van der Waals surface area contributed by atoms with E-state index in [1.54, 1.807) is 0 Å². The van der Waals surface area contributed by atoms with Crippen molar-refractivity contribution >= 4 is 17.9 Å². The van der Waals surface area contributed by atoms with E-state index in [-0.39, 0.29) is 0 Å². The first kappa shape index (κ1) is 18.2. The summed E-state index contributed by atoms with van der Waals surface area (Å²) in [6.07, 6.45) is 0.314. The summed E-state index contributed by atoms with van der Waals surface area (Å²) >= 11 is 0. The quantitative estimate of drug-likeness (QED) is 0.419. The van der Waals surface area contributed by atoms with Gasteiger partial charge in [-0.1, -0.05) is 0 Å². The van der Waals surface area contributed by atoms with Gasteiger partial charge in [-0.25, -0.2) is 9.59 Å². The van der Waals surface area contributed by atoms with E-state index in [0.717, 1.165) is 13.0 Å². The standard InChI is InChI=1S/C12H24N4O4/c1-8(2)16(3)6-4-5-14-12(20)15-9(11(18)19)7-10(13)17/h8-9H,4-7H2,1-3H3,(H2,13,17)(H,18,19)(H2,14,15,20)/t9-/m1/s1. The predicted molar refractivity (Wildman–Crippen MR) is 74.2 cm³/mol. The maximum absolute atomic E-state index is 11.5. The normalized spacial score (nSPS) is 12.2. The molecule has 0 aliphatic rings. The molecule has 1 atom stereocenters. The highest BCUT2D eigenvalue weighted by atomic mass is 16.4. The Labute approximate surface area is 118 Å². The van der Waals surface area contributed by atoms with Gasteiger partial charge < -0.3 is 26.4 Å². The van der Waals surface area contributed by atoms with Crippen LogP contribution < -0.4 is 16.4 Å². The van der Waals surface area contributed by atoms with Crippen molar-refractivity contribution in [1.82, 2.24) is 15.5 Å². The summed E-state index contributed by atoms with van der Waals surface area (Å²) in [5.41, 5.74) is 4.91. The maximum atomic E-state index is 11.5.